The first-order valence-corrected chi connectivity index (χ1v) is 7.94. The fourth-order valence-electron chi connectivity index (χ4n) is 2.74. The third kappa shape index (κ3) is 6.25. The Balaban J connectivity index is 1.74. The van der Waals surface area contributed by atoms with Crippen molar-refractivity contribution in [1.29, 1.82) is 0 Å². The van der Waals surface area contributed by atoms with Gasteiger partial charge in [0, 0.05) is 45.9 Å². The first-order chi connectivity index (χ1) is 11.0. The topological polar surface area (TPSA) is 62.8 Å². The van der Waals surface area contributed by atoms with Crippen LogP contribution in [0.3, 0.4) is 0 Å². The van der Waals surface area contributed by atoms with Gasteiger partial charge >= 0.3 is 6.18 Å². The Morgan fingerprint density at radius 3 is 2.57 bits per heavy atom. The van der Waals surface area contributed by atoms with E-state index < -0.39 is 24.7 Å². The molecule has 2 aliphatic rings. The number of nitrogens with one attached hydrogen (secondary N) is 2. The quantitative estimate of drug-likeness (QED) is 0.721. The van der Waals surface area contributed by atoms with Gasteiger partial charge in [-0.2, -0.15) is 13.2 Å². The molecule has 2 rings (SSSR count). The SMILES string of the molecule is O=C(COC1CCOCC1)NCC(N1CCNCC1)C(F)(F)F. The molecule has 9 heteroatoms. The van der Waals surface area contributed by atoms with Crippen LogP contribution in [0.25, 0.3) is 0 Å². The van der Waals surface area contributed by atoms with Crippen molar-refractivity contribution in [3.8, 4) is 0 Å². The zero-order valence-corrected chi connectivity index (χ0v) is 13.0. The van der Waals surface area contributed by atoms with Crippen LogP contribution in [-0.4, -0.2) is 81.7 Å². The summed E-state index contributed by atoms with van der Waals surface area (Å²) in [5.41, 5.74) is 0. The lowest BCUT2D eigenvalue weighted by Crippen LogP contribution is -2.57. The molecule has 2 heterocycles. The molecule has 2 N–H and O–H groups in total. The molecular weight excluding hydrogens is 315 g/mol. The van der Waals surface area contributed by atoms with Gasteiger partial charge in [-0.25, -0.2) is 0 Å². The Kier molecular flexibility index (Phi) is 7.07. The summed E-state index contributed by atoms with van der Waals surface area (Å²) in [7, 11) is 0. The third-order valence-electron chi connectivity index (χ3n) is 4.08. The summed E-state index contributed by atoms with van der Waals surface area (Å²) < 4.78 is 50.1. The van der Waals surface area contributed by atoms with Crippen molar-refractivity contribution in [1.82, 2.24) is 15.5 Å². The number of carbonyl (C=O) groups excluding carboxylic acids is 1. The molecule has 6 nitrogen and oxygen atoms in total. The maximum absolute atomic E-state index is 13.2. The Hall–Kier alpha value is -0.900. The first-order valence-electron chi connectivity index (χ1n) is 7.94. The maximum Gasteiger partial charge on any atom is 0.405 e. The highest BCUT2D eigenvalue weighted by Gasteiger charge is 2.43. The van der Waals surface area contributed by atoms with E-state index in [1.807, 2.05) is 0 Å². The van der Waals surface area contributed by atoms with Gasteiger partial charge in [-0.15, -0.1) is 0 Å². The van der Waals surface area contributed by atoms with Gasteiger partial charge in [-0.3, -0.25) is 9.69 Å². The van der Waals surface area contributed by atoms with E-state index in [1.165, 1.54) is 4.90 Å². The predicted octanol–water partition coefficient (Wildman–Crippen LogP) is 0.134. The van der Waals surface area contributed by atoms with Crippen LogP contribution in [0.4, 0.5) is 13.2 Å². The average molecular weight is 339 g/mol. The van der Waals surface area contributed by atoms with Gasteiger partial charge in [0.05, 0.1) is 6.10 Å². The molecule has 1 amide bonds. The van der Waals surface area contributed by atoms with Crippen LogP contribution >= 0.6 is 0 Å². The van der Waals surface area contributed by atoms with Crippen molar-refractivity contribution in [2.75, 3.05) is 52.5 Å². The third-order valence-corrected chi connectivity index (χ3v) is 4.08. The summed E-state index contributed by atoms with van der Waals surface area (Å²) in [6.45, 7) is 2.20. The standard InChI is InChI=1S/C14H24F3N3O3/c15-14(16,17)12(20-5-3-18-4-6-20)9-19-13(21)10-23-11-1-7-22-8-2-11/h11-12,18H,1-10H2,(H,19,21). The molecule has 2 aliphatic heterocycles. The van der Waals surface area contributed by atoms with Gasteiger partial charge in [0.25, 0.3) is 0 Å². The van der Waals surface area contributed by atoms with Crippen LogP contribution < -0.4 is 10.6 Å². The fourth-order valence-corrected chi connectivity index (χ4v) is 2.74. The molecule has 0 aromatic heterocycles. The normalized spacial score (nSPS) is 22.7. The molecule has 0 bridgehead atoms. The molecule has 0 spiro atoms. The zero-order chi connectivity index (χ0) is 16.7. The highest BCUT2D eigenvalue weighted by atomic mass is 19.4. The highest BCUT2D eigenvalue weighted by Crippen LogP contribution is 2.24. The van der Waals surface area contributed by atoms with Crippen molar-refractivity contribution in [3.05, 3.63) is 0 Å². The van der Waals surface area contributed by atoms with E-state index in [9.17, 15) is 18.0 Å². The lowest BCUT2D eigenvalue weighted by atomic mass is 10.1. The maximum atomic E-state index is 13.2. The molecule has 2 saturated heterocycles. The molecule has 0 aromatic carbocycles. The van der Waals surface area contributed by atoms with Crippen molar-refractivity contribution in [3.63, 3.8) is 0 Å². The number of alkyl halides is 3. The molecular formula is C14H24F3N3O3. The van der Waals surface area contributed by atoms with Crippen LogP contribution in [0, 0.1) is 0 Å². The summed E-state index contributed by atoms with van der Waals surface area (Å²) in [5, 5.41) is 5.36. The monoisotopic (exact) mass is 339 g/mol. The number of hydrogen-bond donors (Lipinski definition) is 2. The number of rotatable bonds is 6. The van der Waals surface area contributed by atoms with Crippen LogP contribution in [0.5, 0.6) is 0 Å². The second kappa shape index (κ2) is 8.81. The average Bonchev–Trinajstić information content (AvgIpc) is 2.54. The molecule has 0 saturated carbocycles. The number of amides is 1. The molecule has 0 aliphatic carbocycles. The van der Waals surface area contributed by atoms with E-state index in [2.05, 4.69) is 10.6 Å². The van der Waals surface area contributed by atoms with Gasteiger partial charge in [-0.05, 0) is 12.8 Å². The van der Waals surface area contributed by atoms with E-state index >= 15 is 0 Å². The summed E-state index contributed by atoms with van der Waals surface area (Å²) >= 11 is 0. The van der Waals surface area contributed by atoms with Crippen LogP contribution in [0.2, 0.25) is 0 Å². The minimum atomic E-state index is -4.37. The van der Waals surface area contributed by atoms with Gasteiger partial charge in [-0.1, -0.05) is 0 Å². The van der Waals surface area contributed by atoms with Gasteiger partial charge in [0.2, 0.25) is 5.91 Å². The predicted molar refractivity (Wildman–Crippen MR) is 77.1 cm³/mol. The lowest BCUT2D eigenvalue weighted by molar-refractivity contribution is -0.184. The van der Waals surface area contributed by atoms with Crippen molar-refractivity contribution in [2.45, 2.75) is 31.2 Å². The van der Waals surface area contributed by atoms with Crippen LogP contribution in [0.1, 0.15) is 12.8 Å². The molecule has 2 fully saturated rings. The second-order valence-electron chi connectivity index (χ2n) is 5.77. The van der Waals surface area contributed by atoms with Crippen LogP contribution in [0.15, 0.2) is 0 Å². The van der Waals surface area contributed by atoms with E-state index in [-0.39, 0.29) is 12.7 Å². The van der Waals surface area contributed by atoms with Crippen molar-refractivity contribution < 1.29 is 27.4 Å². The van der Waals surface area contributed by atoms with Gasteiger partial charge < -0.3 is 20.1 Å². The number of nitrogens with zero attached hydrogens (tertiary/aromatic N) is 1. The number of carbonyl (C=O) groups is 1. The van der Waals surface area contributed by atoms with E-state index in [4.69, 9.17) is 9.47 Å². The summed E-state index contributed by atoms with van der Waals surface area (Å²) in [4.78, 5) is 13.1. The Labute approximate surface area is 133 Å². The Morgan fingerprint density at radius 1 is 1.30 bits per heavy atom. The number of halogens is 3. The van der Waals surface area contributed by atoms with Crippen molar-refractivity contribution in [2.24, 2.45) is 0 Å². The molecule has 0 aromatic rings. The molecule has 134 valence electrons. The van der Waals surface area contributed by atoms with E-state index in [0.717, 1.165) is 0 Å². The summed E-state index contributed by atoms with van der Waals surface area (Å²) in [6.07, 6.45) is -3.01. The molecule has 23 heavy (non-hydrogen) atoms. The van der Waals surface area contributed by atoms with Gasteiger partial charge in [0.15, 0.2) is 0 Å². The van der Waals surface area contributed by atoms with Crippen molar-refractivity contribution >= 4 is 5.91 Å². The highest BCUT2D eigenvalue weighted by molar-refractivity contribution is 5.77. The van der Waals surface area contributed by atoms with Gasteiger partial charge in [0.1, 0.15) is 12.6 Å². The minimum Gasteiger partial charge on any atom is -0.381 e. The number of hydrogen-bond acceptors (Lipinski definition) is 5. The lowest BCUT2D eigenvalue weighted by Gasteiger charge is -2.36. The summed E-state index contributed by atoms with van der Waals surface area (Å²) in [6, 6.07) is -1.66. The minimum absolute atomic E-state index is 0.0546. The van der Waals surface area contributed by atoms with E-state index in [1.54, 1.807) is 0 Å². The van der Waals surface area contributed by atoms with E-state index in [0.29, 0.717) is 52.2 Å². The number of ether oxygens (including phenoxy) is 2. The Morgan fingerprint density at radius 2 is 1.96 bits per heavy atom. The smallest absolute Gasteiger partial charge is 0.381 e. The first kappa shape index (κ1) is 18.4. The van der Waals surface area contributed by atoms with Crippen LogP contribution in [-0.2, 0) is 14.3 Å². The molecule has 0 radical (unpaired) electrons. The molecule has 1 unspecified atom stereocenters. The zero-order valence-electron chi connectivity index (χ0n) is 13.0. The Bertz CT molecular complexity index is 370. The second-order valence-corrected chi connectivity index (χ2v) is 5.77. The largest absolute Gasteiger partial charge is 0.405 e. The fraction of sp³-hybridized carbons (Fsp3) is 0.929. The molecule has 1 atom stereocenters. The summed E-state index contributed by atoms with van der Waals surface area (Å²) in [5.74, 6) is -0.513. The number of piperazine rings is 1.